The average Bonchev–Trinajstić information content (AvgIpc) is 2.85. The van der Waals surface area contributed by atoms with Crippen LogP contribution in [-0.2, 0) is 22.4 Å². The Bertz CT molecular complexity index is 700. The monoisotopic (exact) mass is 504 g/mol. The summed E-state index contributed by atoms with van der Waals surface area (Å²) in [6.07, 6.45) is 21.9. The van der Waals surface area contributed by atoms with E-state index in [2.05, 4.69) is 25.1 Å². The molecule has 206 valence electrons. The third kappa shape index (κ3) is 18.3. The van der Waals surface area contributed by atoms with Crippen LogP contribution in [0.5, 0.6) is 5.75 Å². The highest BCUT2D eigenvalue weighted by Crippen LogP contribution is 2.23. The van der Waals surface area contributed by atoms with E-state index in [1.54, 1.807) is 0 Å². The Labute approximate surface area is 220 Å². The van der Waals surface area contributed by atoms with E-state index >= 15 is 0 Å². The number of unbranched alkanes of at least 4 members (excludes halogenated alkanes) is 14. The summed E-state index contributed by atoms with van der Waals surface area (Å²) < 4.78 is 6.08. The van der Waals surface area contributed by atoms with Gasteiger partial charge in [0.1, 0.15) is 5.75 Å². The molecule has 0 radical (unpaired) electrons. The number of rotatable bonds is 25. The van der Waals surface area contributed by atoms with Gasteiger partial charge in [-0.3, -0.25) is 9.59 Å². The predicted molar refractivity (Wildman–Crippen MR) is 148 cm³/mol. The first-order valence-electron chi connectivity index (χ1n) is 14.7. The van der Waals surface area contributed by atoms with E-state index < -0.39 is 11.9 Å². The number of carboxylic acid groups (broad SMARTS) is 2. The molecule has 1 aromatic rings. The molecule has 0 amide bonds. The summed E-state index contributed by atoms with van der Waals surface area (Å²) in [6.45, 7) is 3.03. The maximum Gasteiger partial charge on any atom is 0.303 e. The van der Waals surface area contributed by atoms with Crippen molar-refractivity contribution in [2.24, 2.45) is 0 Å². The van der Waals surface area contributed by atoms with Crippen LogP contribution >= 0.6 is 0 Å². The van der Waals surface area contributed by atoms with Crippen LogP contribution < -0.4 is 4.74 Å². The maximum atomic E-state index is 10.6. The summed E-state index contributed by atoms with van der Waals surface area (Å²) >= 11 is 0. The molecule has 0 aliphatic carbocycles. The van der Waals surface area contributed by atoms with Crippen molar-refractivity contribution in [2.75, 3.05) is 6.61 Å². The number of hydrogen-bond acceptors (Lipinski definition) is 3. The van der Waals surface area contributed by atoms with Crippen LogP contribution in [0, 0.1) is 0 Å². The van der Waals surface area contributed by atoms with Crippen molar-refractivity contribution >= 4 is 11.9 Å². The minimum Gasteiger partial charge on any atom is -0.494 e. The van der Waals surface area contributed by atoms with Gasteiger partial charge in [0.15, 0.2) is 0 Å². The fourth-order valence-electron chi connectivity index (χ4n) is 4.66. The Morgan fingerprint density at radius 3 is 1.64 bits per heavy atom. The van der Waals surface area contributed by atoms with E-state index in [0.717, 1.165) is 76.6 Å². The number of carbonyl (C=O) groups is 2. The molecule has 0 aliphatic rings. The van der Waals surface area contributed by atoms with Crippen molar-refractivity contribution in [2.45, 2.75) is 142 Å². The molecule has 0 saturated carbocycles. The van der Waals surface area contributed by atoms with Crippen LogP contribution in [0.3, 0.4) is 0 Å². The summed E-state index contributed by atoms with van der Waals surface area (Å²) in [7, 11) is 0. The van der Waals surface area contributed by atoms with Gasteiger partial charge in [-0.1, -0.05) is 90.0 Å². The molecular weight excluding hydrogens is 452 g/mol. The van der Waals surface area contributed by atoms with Gasteiger partial charge in [0.25, 0.3) is 0 Å². The highest BCUT2D eigenvalue weighted by molar-refractivity contribution is 5.66. The minimum absolute atomic E-state index is 0.289. The lowest BCUT2D eigenvalue weighted by molar-refractivity contribution is -0.138. The summed E-state index contributed by atoms with van der Waals surface area (Å²) in [5, 5.41) is 17.5. The Balaban J connectivity index is 2.43. The first kappa shape index (κ1) is 32.0. The number of aliphatic carboxylic acids is 2. The van der Waals surface area contributed by atoms with Crippen molar-refractivity contribution in [1.82, 2.24) is 0 Å². The van der Waals surface area contributed by atoms with Crippen LogP contribution in [0.1, 0.15) is 140 Å². The number of aryl methyl sites for hydroxylation is 2. The maximum absolute atomic E-state index is 10.6. The van der Waals surface area contributed by atoms with Gasteiger partial charge in [0, 0.05) is 12.8 Å². The van der Waals surface area contributed by atoms with E-state index in [1.165, 1.54) is 68.9 Å². The number of ether oxygens (including phenoxy) is 1. The molecule has 1 aromatic carbocycles. The molecule has 0 heterocycles. The molecule has 36 heavy (non-hydrogen) atoms. The molecule has 0 bridgehead atoms. The van der Waals surface area contributed by atoms with E-state index in [1.807, 2.05) is 0 Å². The third-order valence-corrected chi connectivity index (χ3v) is 6.87. The van der Waals surface area contributed by atoms with Crippen LogP contribution in [0.15, 0.2) is 18.2 Å². The van der Waals surface area contributed by atoms with Crippen LogP contribution in [0.2, 0.25) is 0 Å². The Kier molecular flexibility index (Phi) is 19.7. The van der Waals surface area contributed by atoms with Gasteiger partial charge in [-0.05, 0) is 68.2 Å². The second-order valence-corrected chi connectivity index (χ2v) is 10.2. The smallest absolute Gasteiger partial charge is 0.303 e. The Morgan fingerprint density at radius 2 is 1.08 bits per heavy atom. The van der Waals surface area contributed by atoms with E-state index in [-0.39, 0.29) is 6.42 Å². The van der Waals surface area contributed by atoms with Gasteiger partial charge < -0.3 is 14.9 Å². The highest BCUT2D eigenvalue weighted by Gasteiger charge is 2.07. The fourth-order valence-corrected chi connectivity index (χ4v) is 4.66. The van der Waals surface area contributed by atoms with Crippen molar-refractivity contribution in [1.29, 1.82) is 0 Å². The summed E-state index contributed by atoms with van der Waals surface area (Å²) in [5.74, 6) is -0.384. The van der Waals surface area contributed by atoms with Crippen molar-refractivity contribution in [3.63, 3.8) is 0 Å². The lowest BCUT2D eigenvalue weighted by atomic mass is 9.96. The predicted octanol–water partition coefficient (Wildman–Crippen LogP) is 8.75. The molecule has 5 heteroatoms. The van der Waals surface area contributed by atoms with Crippen molar-refractivity contribution in [3.05, 3.63) is 29.3 Å². The zero-order valence-corrected chi connectivity index (χ0v) is 22.9. The fraction of sp³-hybridized carbons (Fsp3) is 0.742. The molecule has 0 unspecified atom stereocenters. The largest absolute Gasteiger partial charge is 0.494 e. The average molecular weight is 505 g/mol. The van der Waals surface area contributed by atoms with Gasteiger partial charge in [0.2, 0.25) is 0 Å². The molecule has 0 fully saturated rings. The van der Waals surface area contributed by atoms with Crippen molar-refractivity contribution in [3.8, 4) is 5.75 Å². The summed E-state index contributed by atoms with van der Waals surface area (Å²) in [5.41, 5.74) is 2.86. The highest BCUT2D eigenvalue weighted by atomic mass is 16.5. The number of hydrogen-bond donors (Lipinski definition) is 2. The molecule has 0 aromatic heterocycles. The van der Waals surface area contributed by atoms with Gasteiger partial charge in [0.05, 0.1) is 6.61 Å². The van der Waals surface area contributed by atoms with E-state index in [9.17, 15) is 9.59 Å². The van der Waals surface area contributed by atoms with E-state index in [0.29, 0.717) is 6.42 Å². The Morgan fingerprint density at radius 1 is 0.611 bits per heavy atom. The molecule has 0 saturated heterocycles. The number of benzene rings is 1. The zero-order chi connectivity index (χ0) is 26.3. The molecule has 0 atom stereocenters. The second kappa shape index (κ2) is 22.2. The SMILES string of the molecule is CCCCCCCOc1ccc(CCCCCCCCC(=O)O)c(CCCCCCCCC(=O)O)c1. The molecule has 1 rings (SSSR count). The Hall–Kier alpha value is -2.04. The van der Waals surface area contributed by atoms with Gasteiger partial charge in [-0.2, -0.15) is 0 Å². The molecule has 0 spiro atoms. The van der Waals surface area contributed by atoms with Crippen molar-refractivity contribution < 1.29 is 24.5 Å². The lowest BCUT2D eigenvalue weighted by Crippen LogP contribution is -2.01. The first-order chi connectivity index (χ1) is 17.5. The summed E-state index contributed by atoms with van der Waals surface area (Å²) in [6, 6.07) is 6.67. The van der Waals surface area contributed by atoms with Crippen LogP contribution in [-0.4, -0.2) is 28.8 Å². The zero-order valence-electron chi connectivity index (χ0n) is 22.9. The normalized spacial score (nSPS) is 11.0. The third-order valence-electron chi connectivity index (χ3n) is 6.87. The number of carboxylic acids is 2. The topological polar surface area (TPSA) is 83.8 Å². The standard InChI is InChI=1S/C31H52O5/c1-2-3-4-13-18-25-36-29-24-23-27(19-14-9-5-7-11-16-21-30(32)33)28(26-29)20-15-10-6-8-12-17-22-31(34)35/h23-24,26H,2-22,25H2,1H3,(H,32,33)(H,34,35). The quantitative estimate of drug-likeness (QED) is 0.130. The van der Waals surface area contributed by atoms with Gasteiger partial charge >= 0.3 is 11.9 Å². The minimum atomic E-state index is -0.691. The van der Waals surface area contributed by atoms with Gasteiger partial charge in [-0.15, -0.1) is 0 Å². The lowest BCUT2D eigenvalue weighted by Gasteiger charge is -2.13. The van der Waals surface area contributed by atoms with Gasteiger partial charge in [-0.25, -0.2) is 0 Å². The molecular formula is C31H52O5. The van der Waals surface area contributed by atoms with E-state index in [4.69, 9.17) is 14.9 Å². The van der Waals surface area contributed by atoms with Crippen LogP contribution in [0.25, 0.3) is 0 Å². The molecule has 5 nitrogen and oxygen atoms in total. The molecule has 2 N–H and O–H groups in total. The molecule has 0 aliphatic heterocycles. The second-order valence-electron chi connectivity index (χ2n) is 10.2. The van der Waals surface area contributed by atoms with Crippen LogP contribution in [0.4, 0.5) is 0 Å². The summed E-state index contributed by atoms with van der Waals surface area (Å²) in [4.78, 5) is 21.2. The first-order valence-corrected chi connectivity index (χ1v) is 14.7.